The van der Waals surface area contributed by atoms with Gasteiger partial charge in [0.15, 0.2) is 6.10 Å². The van der Waals surface area contributed by atoms with E-state index in [1.54, 1.807) is 6.92 Å². The Labute approximate surface area is 206 Å². The zero-order valence-corrected chi connectivity index (χ0v) is 20.7. The van der Waals surface area contributed by atoms with Crippen LogP contribution in [0.2, 0.25) is 10.0 Å². The summed E-state index contributed by atoms with van der Waals surface area (Å²) < 4.78 is 16.6. The summed E-state index contributed by atoms with van der Waals surface area (Å²) in [5, 5.41) is 1.21. The van der Waals surface area contributed by atoms with Gasteiger partial charge in [-0.05, 0) is 55.2 Å². The molecule has 5 nitrogen and oxygen atoms in total. The van der Waals surface area contributed by atoms with Gasteiger partial charge in [-0.25, -0.2) is 4.79 Å². The maximum atomic E-state index is 12.0. The molecule has 7 heteroatoms. The molecule has 2 aromatic carbocycles. The molecule has 1 aliphatic rings. The number of esters is 1. The molecule has 0 spiro atoms. The van der Waals surface area contributed by atoms with Crippen LogP contribution >= 0.6 is 23.2 Å². The van der Waals surface area contributed by atoms with E-state index in [0.29, 0.717) is 36.3 Å². The summed E-state index contributed by atoms with van der Waals surface area (Å²) >= 11 is 12.5. The first-order valence-electron chi connectivity index (χ1n) is 11.4. The number of carbonyl (C=O) groups excluding carboxylic acids is 1. The van der Waals surface area contributed by atoms with Crippen LogP contribution < -0.4 is 4.74 Å². The largest absolute Gasteiger partial charge is 0.492 e. The summed E-state index contributed by atoms with van der Waals surface area (Å²) in [4.78, 5) is 14.4. The van der Waals surface area contributed by atoms with Gasteiger partial charge in [-0.2, -0.15) is 0 Å². The normalized spacial score (nSPS) is 15.1. The summed E-state index contributed by atoms with van der Waals surface area (Å²) in [6.07, 6.45) is 3.04. The third-order valence-corrected chi connectivity index (χ3v) is 6.35. The van der Waals surface area contributed by atoms with Crippen molar-refractivity contribution in [2.45, 2.75) is 32.8 Å². The van der Waals surface area contributed by atoms with Gasteiger partial charge in [-0.3, -0.25) is 4.90 Å². The predicted molar refractivity (Wildman–Crippen MR) is 133 cm³/mol. The second kappa shape index (κ2) is 13.0. The minimum atomic E-state index is -0.583. The molecule has 0 amide bonds. The van der Waals surface area contributed by atoms with Crippen molar-refractivity contribution in [3.05, 3.63) is 69.7 Å². The zero-order valence-electron chi connectivity index (χ0n) is 19.2. The van der Waals surface area contributed by atoms with Crippen LogP contribution in [-0.2, 0) is 20.7 Å². The van der Waals surface area contributed by atoms with Gasteiger partial charge in [0.25, 0.3) is 0 Å². The van der Waals surface area contributed by atoms with Crippen LogP contribution in [0.1, 0.15) is 31.4 Å². The van der Waals surface area contributed by atoms with E-state index in [0.717, 1.165) is 42.9 Å². The number of halogens is 2. The molecule has 178 valence electrons. The second-order valence-electron chi connectivity index (χ2n) is 7.77. The standard InChI is InChI=1S/C26H31Cl2NO4/c1-3-31-24(26(30)32-4-2)18-19-8-10-21(11-9-19)33-17-16-29-14-12-20(13-15-29)22-6-5-7-23(27)25(22)28/h5-12,24H,3-4,13-18H2,1-2H3. The van der Waals surface area contributed by atoms with Gasteiger partial charge in [-0.15, -0.1) is 0 Å². The number of ether oxygens (including phenoxy) is 3. The van der Waals surface area contributed by atoms with Crippen molar-refractivity contribution in [1.29, 1.82) is 0 Å². The Bertz CT molecular complexity index is 946. The minimum Gasteiger partial charge on any atom is -0.492 e. The van der Waals surface area contributed by atoms with Crippen molar-refractivity contribution in [2.75, 3.05) is 39.5 Å². The van der Waals surface area contributed by atoms with Crippen LogP contribution in [0, 0.1) is 0 Å². The van der Waals surface area contributed by atoms with Crippen LogP contribution in [0.3, 0.4) is 0 Å². The lowest BCUT2D eigenvalue weighted by molar-refractivity contribution is -0.156. The van der Waals surface area contributed by atoms with Crippen LogP contribution in [0.4, 0.5) is 0 Å². The Morgan fingerprint density at radius 2 is 1.88 bits per heavy atom. The molecule has 0 aliphatic carbocycles. The first kappa shape index (κ1) is 25.6. The summed E-state index contributed by atoms with van der Waals surface area (Å²) in [5.41, 5.74) is 3.26. The molecular weight excluding hydrogens is 461 g/mol. The van der Waals surface area contributed by atoms with E-state index >= 15 is 0 Å². The number of rotatable bonds is 11. The van der Waals surface area contributed by atoms with E-state index in [-0.39, 0.29) is 5.97 Å². The molecule has 3 rings (SSSR count). The van der Waals surface area contributed by atoms with E-state index < -0.39 is 6.10 Å². The highest BCUT2D eigenvalue weighted by atomic mass is 35.5. The summed E-state index contributed by atoms with van der Waals surface area (Å²) in [5.74, 6) is 0.484. The van der Waals surface area contributed by atoms with Gasteiger partial charge >= 0.3 is 5.97 Å². The van der Waals surface area contributed by atoms with E-state index in [1.165, 1.54) is 5.57 Å². The number of carbonyl (C=O) groups is 1. The second-order valence-corrected chi connectivity index (χ2v) is 8.56. The molecule has 0 radical (unpaired) electrons. The van der Waals surface area contributed by atoms with Crippen molar-refractivity contribution >= 4 is 34.7 Å². The lowest BCUT2D eigenvalue weighted by Crippen LogP contribution is -2.32. The van der Waals surface area contributed by atoms with Crippen molar-refractivity contribution in [2.24, 2.45) is 0 Å². The van der Waals surface area contributed by atoms with Gasteiger partial charge in [0.1, 0.15) is 12.4 Å². The molecular formula is C26H31Cl2NO4. The van der Waals surface area contributed by atoms with Crippen LogP contribution in [0.25, 0.3) is 5.57 Å². The Balaban J connectivity index is 1.45. The molecule has 0 N–H and O–H groups in total. The van der Waals surface area contributed by atoms with Gasteiger partial charge in [0.2, 0.25) is 0 Å². The number of hydrogen-bond acceptors (Lipinski definition) is 5. The van der Waals surface area contributed by atoms with E-state index in [1.807, 2.05) is 49.4 Å². The van der Waals surface area contributed by atoms with E-state index in [2.05, 4.69) is 11.0 Å². The topological polar surface area (TPSA) is 48.0 Å². The monoisotopic (exact) mass is 491 g/mol. The smallest absolute Gasteiger partial charge is 0.335 e. The Hall–Kier alpha value is -2.05. The molecule has 1 atom stereocenters. The fourth-order valence-corrected chi connectivity index (χ4v) is 4.21. The predicted octanol–water partition coefficient (Wildman–Crippen LogP) is 5.67. The molecule has 33 heavy (non-hydrogen) atoms. The van der Waals surface area contributed by atoms with Crippen molar-refractivity contribution < 1.29 is 19.0 Å². The highest BCUT2D eigenvalue weighted by Crippen LogP contribution is 2.33. The molecule has 1 unspecified atom stereocenters. The summed E-state index contributed by atoms with van der Waals surface area (Å²) in [6, 6.07) is 13.5. The number of benzene rings is 2. The molecule has 0 fully saturated rings. The summed E-state index contributed by atoms with van der Waals surface area (Å²) in [7, 11) is 0. The zero-order chi connectivity index (χ0) is 23.6. The SMILES string of the molecule is CCOC(=O)C(Cc1ccc(OCCN2CC=C(c3cccc(Cl)c3Cl)CC2)cc1)OCC. The maximum Gasteiger partial charge on any atom is 0.335 e. The minimum absolute atomic E-state index is 0.323. The molecule has 2 aromatic rings. The number of nitrogens with zero attached hydrogens (tertiary/aromatic N) is 1. The average Bonchev–Trinajstić information content (AvgIpc) is 2.82. The van der Waals surface area contributed by atoms with Crippen molar-refractivity contribution in [3.8, 4) is 5.75 Å². The molecule has 1 aliphatic heterocycles. The van der Waals surface area contributed by atoms with Gasteiger partial charge < -0.3 is 14.2 Å². The molecule has 0 bridgehead atoms. The van der Waals surface area contributed by atoms with Gasteiger partial charge in [0.05, 0.1) is 16.7 Å². The average molecular weight is 492 g/mol. The van der Waals surface area contributed by atoms with Crippen molar-refractivity contribution in [1.82, 2.24) is 4.90 Å². The maximum absolute atomic E-state index is 12.0. The molecule has 1 heterocycles. The quantitative estimate of drug-likeness (QED) is 0.378. The Kier molecular flexibility index (Phi) is 10.1. The fraction of sp³-hybridized carbons (Fsp3) is 0.423. The van der Waals surface area contributed by atoms with Crippen molar-refractivity contribution in [3.63, 3.8) is 0 Å². The highest BCUT2D eigenvalue weighted by Gasteiger charge is 2.20. The Morgan fingerprint density at radius 1 is 1.09 bits per heavy atom. The van der Waals surface area contributed by atoms with Gasteiger partial charge in [-0.1, -0.05) is 53.5 Å². The van der Waals surface area contributed by atoms with Gasteiger partial charge in [0, 0.05) is 32.7 Å². The van der Waals surface area contributed by atoms with E-state index in [4.69, 9.17) is 37.4 Å². The van der Waals surface area contributed by atoms with E-state index in [9.17, 15) is 4.79 Å². The highest BCUT2D eigenvalue weighted by molar-refractivity contribution is 6.43. The molecule has 0 aromatic heterocycles. The van der Waals surface area contributed by atoms with Crippen LogP contribution in [-0.4, -0.2) is 56.4 Å². The lowest BCUT2D eigenvalue weighted by atomic mass is 9.99. The first-order valence-corrected chi connectivity index (χ1v) is 12.1. The Morgan fingerprint density at radius 3 is 2.55 bits per heavy atom. The third kappa shape index (κ3) is 7.47. The fourth-order valence-electron chi connectivity index (χ4n) is 3.79. The first-order chi connectivity index (χ1) is 16.0. The number of hydrogen-bond donors (Lipinski definition) is 0. The van der Waals surface area contributed by atoms with Crippen LogP contribution in [0.5, 0.6) is 5.75 Å². The summed E-state index contributed by atoms with van der Waals surface area (Å²) in [6.45, 7) is 7.71. The third-order valence-electron chi connectivity index (χ3n) is 5.53. The lowest BCUT2D eigenvalue weighted by Gasteiger charge is -2.26. The molecule has 0 saturated heterocycles. The molecule has 0 saturated carbocycles. The van der Waals surface area contributed by atoms with Crippen LogP contribution in [0.15, 0.2) is 48.5 Å².